The van der Waals surface area contributed by atoms with Gasteiger partial charge in [0.25, 0.3) is 0 Å². The van der Waals surface area contributed by atoms with Gasteiger partial charge in [-0.25, -0.2) is 0 Å². The molecule has 2 rings (SSSR count). The number of allylic oxidation sites excluding steroid dienone is 1. The van der Waals surface area contributed by atoms with Gasteiger partial charge < -0.3 is 10.8 Å². The molecule has 0 aliphatic heterocycles. The van der Waals surface area contributed by atoms with E-state index < -0.39 is 0 Å². The topological polar surface area (TPSA) is 46.2 Å². The molecule has 0 unspecified atom stereocenters. The second-order valence-electron chi connectivity index (χ2n) is 4.01. The molecule has 17 heavy (non-hydrogen) atoms. The zero-order valence-electron chi connectivity index (χ0n) is 9.72. The molecule has 0 aromatic heterocycles. The van der Waals surface area contributed by atoms with Crippen molar-refractivity contribution in [3.63, 3.8) is 0 Å². The minimum atomic E-state index is 0.302. The average Bonchev–Trinajstić information content (AvgIpc) is 2.32. The Labute approximate surface area is 101 Å². The quantitative estimate of drug-likeness (QED) is 0.606. The Bertz CT molecular complexity index is 541. The van der Waals surface area contributed by atoms with Gasteiger partial charge in [-0.15, -0.1) is 0 Å². The Morgan fingerprint density at radius 2 is 1.71 bits per heavy atom. The van der Waals surface area contributed by atoms with Crippen LogP contribution in [0.5, 0.6) is 5.75 Å². The first-order valence-electron chi connectivity index (χ1n) is 5.49. The first-order chi connectivity index (χ1) is 8.16. The van der Waals surface area contributed by atoms with E-state index in [4.69, 9.17) is 5.73 Å². The summed E-state index contributed by atoms with van der Waals surface area (Å²) in [5.41, 5.74) is 9.33. The van der Waals surface area contributed by atoms with E-state index in [1.807, 2.05) is 55.5 Å². The fraction of sp³-hybridized carbons (Fsp3) is 0.0667. The highest BCUT2D eigenvalue weighted by Crippen LogP contribution is 2.25. The number of phenolic OH excluding ortho intramolecular Hbond substituents is 1. The molecule has 0 saturated carbocycles. The molecule has 0 aliphatic carbocycles. The number of anilines is 1. The standard InChI is InChI=1S/C15H15NO/c1-11(14-4-2-3-5-15(14)17)10-12-6-8-13(16)9-7-12/h2-10,17H,16H2,1H3. The van der Waals surface area contributed by atoms with E-state index in [0.29, 0.717) is 5.75 Å². The molecule has 0 fully saturated rings. The lowest BCUT2D eigenvalue weighted by Gasteiger charge is -2.04. The Kier molecular flexibility index (Phi) is 3.15. The summed E-state index contributed by atoms with van der Waals surface area (Å²) in [4.78, 5) is 0. The summed E-state index contributed by atoms with van der Waals surface area (Å²) in [6, 6.07) is 15.0. The van der Waals surface area contributed by atoms with E-state index in [-0.39, 0.29) is 0 Å². The Balaban J connectivity index is 2.34. The Morgan fingerprint density at radius 3 is 2.35 bits per heavy atom. The van der Waals surface area contributed by atoms with Crippen LogP contribution in [0.2, 0.25) is 0 Å². The molecule has 2 nitrogen and oxygen atoms in total. The zero-order chi connectivity index (χ0) is 12.3. The van der Waals surface area contributed by atoms with Gasteiger partial charge in [-0.1, -0.05) is 36.4 Å². The van der Waals surface area contributed by atoms with Crippen LogP contribution in [0.4, 0.5) is 5.69 Å². The maximum absolute atomic E-state index is 9.74. The Hall–Kier alpha value is -2.22. The van der Waals surface area contributed by atoms with E-state index >= 15 is 0 Å². The molecule has 0 saturated heterocycles. The van der Waals surface area contributed by atoms with Crippen LogP contribution in [-0.2, 0) is 0 Å². The third-order valence-electron chi connectivity index (χ3n) is 2.65. The lowest BCUT2D eigenvalue weighted by molar-refractivity contribution is 0.473. The van der Waals surface area contributed by atoms with Crippen molar-refractivity contribution in [2.24, 2.45) is 0 Å². The number of hydrogen-bond donors (Lipinski definition) is 2. The molecule has 0 atom stereocenters. The van der Waals surface area contributed by atoms with E-state index in [1.54, 1.807) is 6.07 Å². The fourth-order valence-corrected chi connectivity index (χ4v) is 1.73. The van der Waals surface area contributed by atoms with Gasteiger partial charge in [0.1, 0.15) is 5.75 Å². The van der Waals surface area contributed by atoms with Crippen molar-refractivity contribution >= 4 is 17.3 Å². The van der Waals surface area contributed by atoms with Crippen LogP contribution in [0.1, 0.15) is 18.1 Å². The summed E-state index contributed by atoms with van der Waals surface area (Å²) in [5.74, 6) is 0.302. The number of aromatic hydroxyl groups is 1. The van der Waals surface area contributed by atoms with Gasteiger partial charge in [-0.3, -0.25) is 0 Å². The van der Waals surface area contributed by atoms with Crippen LogP contribution < -0.4 is 5.73 Å². The van der Waals surface area contributed by atoms with E-state index in [9.17, 15) is 5.11 Å². The van der Waals surface area contributed by atoms with Gasteiger partial charge in [0.2, 0.25) is 0 Å². The van der Waals surface area contributed by atoms with Crippen LogP contribution in [0.15, 0.2) is 48.5 Å². The molecule has 0 heterocycles. The predicted octanol–water partition coefficient (Wildman–Crippen LogP) is 3.53. The molecule has 86 valence electrons. The number of benzene rings is 2. The summed E-state index contributed by atoms with van der Waals surface area (Å²) in [7, 11) is 0. The van der Waals surface area contributed by atoms with Crippen LogP contribution >= 0.6 is 0 Å². The van der Waals surface area contributed by atoms with E-state index in [0.717, 1.165) is 22.4 Å². The summed E-state index contributed by atoms with van der Waals surface area (Å²) in [5, 5.41) is 9.74. The number of nitrogens with two attached hydrogens (primary N) is 1. The first kappa shape index (κ1) is 11.3. The van der Waals surface area contributed by atoms with Crippen molar-refractivity contribution in [3.8, 4) is 5.75 Å². The molecule has 3 N–H and O–H groups in total. The number of nitrogen functional groups attached to an aromatic ring is 1. The molecule has 2 heteroatoms. The summed E-state index contributed by atoms with van der Waals surface area (Å²) < 4.78 is 0. The second-order valence-corrected chi connectivity index (χ2v) is 4.01. The van der Waals surface area contributed by atoms with Crippen LogP contribution in [0, 0.1) is 0 Å². The maximum atomic E-state index is 9.74. The number of phenols is 1. The lowest BCUT2D eigenvalue weighted by atomic mass is 10.0. The number of rotatable bonds is 2. The minimum absolute atomic E-state index is 0.302. The molecule has 0 radical (unpaired) electrons. The molecular weight excluding hydrogens is 210 g/mol. The van der Waals surface area contributed by atoms with Crippen molar-refractivity contribution in [2.75, 3.05) is 5.73 Å². The van der Waals surface area contributed by atoms with Crippen LogP contribution in [-0.4, -0.2) is 5.11 Å². The third kappa shape index (κ3) is 2.67. The third-order valence-corrected chi connectivity index (χ3v) is 2.65. The Morgan fingerprint density at radius 1 is 1.06 bits per heavy atom. The van der Waals surface area contributed by atoms with Crippen molar-refractivity contribution in [1.82, 2.24) is 0 Å². The van der Waals surface area contributed by atoms with Gasteiger partial charge >= 0.3 is 0 Å². The van der Waals surface area contributed by atoms with Crippen molar-refractivity contribution in [1.29, 1.82) is 0 Å². The monoisotopic (exact) mass is 225 g/mol. The molecule has 2 aromatic carbocycles. The molecule has 0 aliphatic rings. The minimum Gasteiger partial charge on any atom is -0.507 e. The average molecular weight is 225 g/mol. The van der Waals surface area contributed by atoms with Crippen LogP contribution in [0.3, 0.4) is 0 Å². The van der Waals surface area contributed by atoms with Crippen molar-refractivity contribution < 1.29 is 5.11 Å². The van der Waals surface area contributed by atoms with Gasteiger partial charge in [-0.05, 0) is 36.3 Å². The SMILES string of the molecule is CC(=Cc1ccc(N)cc1)c1ccccc1O. The highest BCUT2D eigenvalue weighted by Gasteiger charge is 2.01. The maximum Gasteiger partial charge on any atom is 0.123 e. The summed E-state index contributed by atoms with van der Waals surface area (Å²) in [6.45, 7) is 1.98. The first-order valence-corrected chi connectivity index (χ1v) is 5.49. The summed E-state index contributed by atoms with van der Waals surface area (Å²) in [6.07, 6.45) is 2.02. The molecule has 0 spiro atoms. The smallest absolute Gasteiger partial charge is 0.123 e. The number of hydrogen-bond acceptors (Lipinski definition) is 2. The lowest BCUT2D eigenvalue weighted by Crippen LogP contribution is -1.84. The normalized spacial score (nSPS) is 11.5. The van der Waals surface area contributed by atoms with Gasteiger partial charge in [0.15, 0.2) is 0 Å². The number of para-hydroxylation sites is 1. The van der Waals surface area contributed by atoms with E-state index in [2.05, 4.69) is 0 Å². The molecule has 2 aromatic rings. The molecular formula is C15H15NO. The van der Waals surface area contributed by atoms with Crippen molar-refractivity contribution in [3.05, 3.63) is 59.7 Å². The van der Waals surface area contributed by atoms with Gasteiger partial charge in [-0.2, -0.15) is 0 Å². The van der Waals surface area contributed by atoms with Gasteiger partial charge in [0.05, 0.1) is 0 Å². The molecule has 0 bridgehead atoms. The predicted molar refractivity (Wildman–Crippen MR) is 72.5 cm³/mol. The van der Waals surface area contributed by atoms with E-state index in [1.165, 1.54) is 0 Å². The zero-order valence-corrected chi connectivity index (χ0v) is 9.72. The van der Waals surface area contributed by atoms with Gasteiger partial charge in [0, 0.05) is 11.3 Å². The van der Waals surface area contributed by atoms with Crippen LogP contribution in [0.25, 0.3) is 11.6 Å². The highest BCUT2D eigenvalue weighted by atomic mass is 16.3. The molecule has 0 amide bonds. The largest absolute Gasteiger partial charge is 0.507 e. The van der Waals surface area contributed by atoms with Crippen molar-refractivity contribution in [2.45, 2.75) is 6.92 Å². The summed E-state index contributed by atoms with van der Waals surface area (Å²) >= 11 is 0. The highest BCUT2D eigenvalue weighted by molar-refractivity contribution is 5.82. The fourth-order valence-electron chi connectivity index (χ4n) is 1.73. The second kappa shape index (κ2) is 4.74.